The number of nitrogens with one attached hydrogen (secondary N) is 1. The van der Waals surface area contributed by atoms with Gasteiger partial charge in [0.25, 0.3) is 0 Å². The molecule has 0 bridgehead atoms. The van der Waals surface area contributed by atoms with Crippen molar-refractivity contribution in [1.29, 1.82) is 0 Å². The number of rotatable bonds is 9. The van der Waals surface area contributed by atoms with Gasteiger partial charge in [-0.05, 0) is 64.3 Å². The summed E-state index contributed by atoms with van der Waals surface area (Å²) in [5, 5.41) is 22.5. The van der Waals surface area contributed by atoms with E-state index >= 15 is 0 Å². The van der Waals surface area contributed by atoms with E-state index in [0.29, 0.717) is 42.5 Å². The molecule has 2 atom stereocenters. The van der Waals surface area contributed by atoms with Gasteiger partial charge in [-0.25, -0.2) is 4.79 Å². The number of hydrogen-bond donors (Lipinski definition) is 3. The number of carboxylic acid groups (broad SMARTS) is 1. The molecule has 2 aromatic heterocycles. The summed E-state index contributed by atoms with van der Waals surface area (Å²) in [5.41, 5.74) is 9.20. The number of hydrogen-bond acceptors (Lipinski definition) is 7. The van der Waals surface area contributed by atoms with Gasteiger partial charge in [0.15, 0.2) is 5.82 Å². The summed E-state index contributed by atoms with van der Waals surface area (Å²) in [6, 6.07) is 5.79. The first kappa shape index (κ1) is 26.0. The van der Waals surface area contributed by atoms with Gasteiger partial charge in [0.2, 0.25) is 5.91 Å². The molecule has 0 aliphatic carbocycles. The van der Waals surface area contributed by atoms with Gasteiger partial charge in [-0.15, -0.1) is 21.5 Å². The normalized spacial score (nSPS) is 15.5. The molecule has 36 heavy (non-hydrogen) atoms. The second-order valence-electron chi connectivity index (χ2n) is 8.85. The highest BCUT2D eigenvalue weighted by Crippen LogP contribution is 2.39. The largest absolute Gasteiger partial charge is 0.480 e. The molecule has 1 amide bonds. The van der Waals surface area contributed by atoms with Crippen LogP contribution in [0.3, 0.4) is 0 Å². The number of nitrogens with two attached hydrogens (primary N) is 1. The fraction of sp³-hybridized carbons (Fsp3) is 0.400. The molecule has 0 radical (unpaired) electrons. The number of carbonyl (C=O) groups is 2. The Morgan fingerprint density at radius 2 is 1.92 bits per heavy atom. The Hall–Kier alpha value is -3.08. The molecule has 3 heterocycles. The Morgan fingerprint density at radius 1 is 1.19 bits per heavy atom. The summed E-state index contributed by atoms with van der Waals surface area (Å²) < 4.78 is 1.96. The highest BCUT2D eigenvalue weighted by atomic mass is 35.5. The number of carbonyl (C=O) groups excluding carboxylic acids is 1. The predicted octanol–water partition coefficient (Wildman–Crippen LogP) is 3.89. The van der Waals surface area contributed by atoms with Crippen LogP contribution in [0, 0.1) is 20.8 Å². The number of unbranched alkanes of at least 4 members (excludes halogenated alkanes) is 1. The number of halogens is 1. The fourth-order valence-electron chi connectivity index (χ4n) is 4.31. The van der Waals surface area contributed by atoms with Crippen LogP contribution in [-0.2, 0) is 9.59 Å². The lowest BCUT2D eigenvalue weighted by Gasteiger charge is -2.17. The average molecular weight is 529 g/mol. The number of aryl methyl sites for hydroxylation is 2. The summed E-state index contributed by atoms with van der Waals surface area (Å²) in [6.45, 7) is 6.46. The molecule has 9 nitrogen and oxygen atoms in total. The van der Waals surface area contributed by atoms with E-state index in [2.05, 4.69) is 29.4 Å². The third-order valence-electron chi connectivity index (χ3n) is 6.32. The summed E-state index contributed by atoms with van der Waals surface area (Å²) in [6.07, 6.45) is 1.55. The maximum Gasteiger partial charge on any atom is 0.326 e. The first-order chi connectivity index (χ1) is 17.2. The molecule has 4 N–H and O–H groups in total. The second-order valence-corrected chi connectivity index (χ2v) is 10.5. The summed E-state index contributed by atoms with van der Waals surface area (Å²) >= 11 is 7.77. The van der Waals surface area contributed by atoms with Crippen LogP contribution >= 0.6 is 22.9 Å². The van der Waals surface area contributed by atoms with E-state index in [1.165, 1.54) is 0 Å². The lowest BCUT2D eigenvalue weighted by Crippen LogP contribution is -2.41. The van der Waals surface area contributed by atoms with Gasteiger partial charge >= 0.3 is 5.97 Å². The topological polar surface area (TPSA) is 135 Å². The van der Waals surface area contributed by atoms with Crippen LogP contribution in [0.1, 0.15) is 64.9 Å². The van der Waals surface area contributed by atoms with Crippen molar-refractivity contribution in [3.8, 4) is 5.00 Å². The smallest absolute Gasteiger partial charge is 0.326 e. The molecule has 0 saturated carbocycles. The molecular weight excluding hydrogens is 500 g/mol. The number of amides is 1. The Labute approximate surface area is 218 Å². The highest BCUT2D eigenvalue weighted by molar-refractivity contribution is 7.15. The standard InChI is InChI=1S/C25H29ClN6O3S/c1-13-14(2)36-24-21(13)22(16-7-9-17(26)10-8-16)29-19(23-31-30-15(3)32(23)24)12-20(33)28-18(25(34)35)6-4-5-11-27/h7-10,18-19H,4-6,11-12,27H2,1-3H3,(H,28,33)(H,34,35)/t18?,19-/m0/s1. The SMILES string of the molecule is Cc1sc2c(c1C)C(c1ccc(Cl)cc1)=N[C@@H](CC(=O)NC(CCCCN)C(=O)O)c1nnc(C)n1-2. The number of thiophene rings is 1. The molecule has 1 unspecified atom stereocenters. The van der Waals surface area contributed by atoms with Gasteiger partial charge in [-0.2, -0.15) is 0 Å². The highest BCUT2D eigenvalue weighted by Gasteiger charge is 2.33. The minimum atomic E-state index is -1.07. The number of aromatic nitrogens is 3. The Morgan fingerprint density at radius 3 is 2.58 bits per heavy atom. The van der Waals surface area contributed by atoms with Crippen molar-refractivity contribution in [2.24, 2.45) is 10.7 Å². The third-order valence-corrected chi connectivity index (χ3v) is 7.76. The fourth-order valence-corrected chi connectivity index (χ4v) is 5.65. The van der Waals surface area contributed by atoms with Crippen LogP contribution in [0.15, 0.2) is 29.3 Å². The lowest BCUT2D eigenvalue weighted by atomic mass is 9.99. The van der Waals surface area contributed by atoms with E-state index < -0.39 is 24.0 Å². The van der Waals surface area contributed by atoms with Crippen LogP contribution in [0.5, 0.6) is 0 Å². The zero-order valence-electron chi connectivity index (χ0n) is 20.4. The van der Waals surface area contributed by atoms with E-state index in [9.17, 15) is 14.7 Å². The van der Waals surface area contributed by atoms with Gasteiger partial charge in [0, 0.05) is 21.0 Å². The van der Waals surface area contributed by atoms with Gasteiger partial charge in [-0.1, -0.05) is 23.7 Å². The molecular formula is C25H29ClN6O3S. The van der Waals surface area contributed by atoms with E-state index in [0.717, 1.165) is 32.3 Å². The summed E-state index contributed by atoms with van der Waals surface area (Å²) in [5.74, 6) is -0.247. The number of carboxylic acids is 1. The molecule has 0 fully saturated rings. The lowest BCUT2D eigenvalue weighted by molar-refractivity contribution is -0.142. The van der Waals surface area contributed by atoms with Crippen LogP contribution in [0.25, 0.3) is 5.00 Å². The van der Waals surface area contributed by atoms with Crippen molar-refractivity contribution in [2.75, 3.05) is 6.54 Å². The monoisotopic (exact) mass is 528 g/mol. The maximum absolute atomic E-state index is 13.1. The van der Waals surface area contributed by atoms with Crippen molar-refractivity contribution >= 4 is 40.5 Å². The molecule has 1 aliphatic rings. The zero-order chi connectivity index (χ0) is 26.0. The first-order valence-corrected chi connectivity index (χ1v) is 13.0. The molecule has 0 saturated heterocycles. The number of nitrogens with zero attached hydrogens (tertiary/aromatic N) is 4. The van der Waals surface area contributed by atoms with Crippen molar-refractivity contribution < 1.29 is 14.7 Å². The van der Waals surface area contributed by atoms with Crippen molar-refractivity contribution in [3.05, 3.63) is 62.5 Å². The van der Waals surface area contributed by atoms with Crippen molar-refractivity contribution in [3.63, 3.8) is 0 Å². The first-order valence-electron chi connectivity index (χ1n) is 11.8. The van der Waals surface area contributed by atoms with Gasteiger partial charge in [0.05, 0.1) is 12.1 Å². The molecule has 4 rings (SSSR count). The maximum atomic E-state index is 13.1. The molecule has 1 aliphatic heterocycles. The van der Waals surface area contributed by atoms with Gasteiger partial charge < -0.3 is 16.2 Å². The second kappa shape index (κ2) is 10.9. The van der Waals surface area contributed by atoms with Crippen LogP contribution in [0.4, 0.5) is 0 Å². The third kappa shape index (κ3) is 5.21. The molecule has 3 aromatic rings. The minimum absolute atomic E-state index is 0.0666. The van der Waals surface area contributed by atoms with E-state index in [-0.39, 0.29) is 6.42 Å². The van der Waals surface area contributed by atoms with E-state index in [1.54, 1.807) is 11.3 Å². The number of fused-ring (bicyclic) bond motifs is 3. The van der Waals surface area contributed by atoms with Crippen molar-refractivity contribution in [1.82, 2.24) is 20.1 Å². The van der Waals surface area contributed by atoms with Gasteiger partial charge in [0.1, 0.15) is 22.9 Å². The van der Waals surface area contributed by atoms with E-state index in [1.807, 2.05) is 35.8 Å². The number of aliphatic carboxylic acids is 1. The predicted molar refractivity (Wildman–Crippen MR) is 140 cm³/mol. The number of aliphatic imine (C=N–C) groups is 1. The Bertz CT molecular complexity index is 1310. The van der Waals surface area contributed by atoms with E-state index in [4.69, 9.17) is 22.3 Å². The molecule has 1 aromatic carbocycles. The molecule has 190 valence electrons. The quantitative estimate of drug-likeness (QED) is 0.360. The van der Waals surface area contributed by atoms with Gasteiger partial charge in [-0.3, -0.25) is 14.4 Å². The summed E-state index contributed by atoms with van der Waals surface area (Å²) in [7, 11) is 0. The van der Waals surface area contributed by atoms with Crippen LogP contribution in [0.2, 0.25) is 5.02 Å². The Kier molecular flexibility index (Phi) is 7.87. The summed E-state index contributed by atoms with van der Waals surface area (Å²) in [4.78, 5) is 31.0. The van der Waals surface area contributed by atoms with Crippen molar-refractivity contribution in [2.45, 2.75) is 58.5 Å². The Balaban J connectivity index is 1.75. The van der Waals surface area contributed by atoms with Crippen LogP contribution < -0.4 is 11.1 Å². The minimum Gasteiger partial charge on any atom is -0.480 e. The average Bonchev–Trinajstić information content (AvgIpc) is 3.31. The van der Waals surface area contributed by atoms with Crippen LogP contribution in [-0.4, -0.2) is 50.0 Å². The number of benzene rings is 1. The zero-order valence-corrected chi connectivity index (χ0v) is 22.0. The molecule has 11 heteroatoms. The molecule has 0 spiro atoms.